The molecule has 0 radical (unpaired) electrons. The van der Waals surface area contributed by atoms with E-state index < -0.39 is 0 Å². The zero-order valence-corrected chi connectivity index (χ0v) is 7.49. The van der Waals surface area contributed by atoms with E-state index in [2.05, 4.69) is 4.98 Å². The number of hydrogen-bond donors (Lipinski definition) is 1. The number of nitriles is 1. The lowest BCUT2D eigenvalue weighted by Gasteiger charge is -1.99. The van der Waals surface area contributed by atoms with Crippen LogP contribution >= 0.6 is 0 Å². The van der Waals surface area contributed by atoms with Crippen molar-refractivity contribution in [1.29, 1.82) is 5.26 Å². The molecule has 0 aliphatic heterocycles. The molecule has 0 bridgehead atoms. The summed E-state index contributed by atoms with van der Waals surface area (Å²) in [5, 5.41) is 8.30. The number of nitrogens with zero attached hydrogens (tertiary/aromatic N) is 2. The first kappa shape index (κ1) is 9.27. The Labute approximate surface area is 77.5 Å². The lowest BCUT2D eigenvalue weighted by Crippen LogP contribution is -1.93. The van der Waals surface area contributed by atoms with Crippen LogP contribution in [0, 0.1) is 18.3 Å². The number of rotatable bonds is 2. The van der Waals surface area contributed by atoms with Gasteiger partial charge in [-0.2, -0.15) is 5.26 Å². The minimum Gasteiger partial charge on any atom is -0.397 e. The summed E-state index contributed by atoms with van der Waals surface area (Å²) >= 11 is 0. The van der Waals surface area contributed by atoms with Gasteiger partial charge in [0.15, 0.2) is 0 Å². The topological polar surface area (TPSA) is 62.7 Å². The van der Waals surface area contributed by atoms with Crippen LogP contribution in [0.2, 0.25) is 0 Å². The monoisotopic (exact) mass is 173 g/mol. The third-order valence-electron chi connectivity index (χ3n) is 1.57. The Morgan fingerprint density at radius 2 is 2.46 bits per heavy atom. The summed E-state index contributed by atoms with van der Waals surface area (Å²) < 4.78 is 0. The van der Waals surface area contributed by atoms with Crippen molar-refractivity contribution >= 4 is 11.8 Å². The fourth-order valence-corrected chi connectivity index (χ4v) is 0.965. The second kappa shape index (κ2) is 4.27. The van der Waals surface area contributed by atoms with E-state index in [1.165, 1.54) is 0 Å². The van der Waals surface area contributed by atoms with Crippen molar-refractivity contribution in [2.45, 2.75) is 13.3 Å². The molecular formula is C10H11N3. The SMILES string of the molecule is Cc1cnc(C=CCC#N)c(N)c1. The molecule has 66 valence electrons. The minimum absolute atomic E-state index is 0.384. The van der Waals surface area contributed by atoms with E-state index in [0.717, 1.165) is 11.3 Å². The van der Waals surface area contributed by atoms with E-state index in [4.69, 9.17) is 11.0 Å². The second-order valence-corrected chi connectivity index (χ2v) is 2.75. The van der Waals surface area contributed by atoms with Gasteiger partial charge in [-0.3, -0.25) is 4.98 Å². The van der Waals surface area contributed by atoms with Crippen LogP contribution in [0.15, 0.2) is 18.3 Å². The standard InChI is InChI=1S/C10H11N3/c1-8-6-9(12)10(13-7-8)4-2-3-5-11/h2,4,6-7H,3,12H2,1H3. The molecule has 2 N–H and O–H groups in total. The molecule has 0 saturated heterocycles. The molecule has 0 amide bonds. The van der Waals surface area contributed by atoms with Gasteiger partial charge >= 0.3 is 0 Å². The van der Waals surface area contributed by atoms with Gasteiger partial charge in [-0.25, -0.2) is 0 Å². The summed E-state index contributed by atoms with van der Waals surface area (Å²) in [7, 11) is 0. The molecule has 0 spiro atoms. The molecule has 0 unspecified atom stereocenters. The van der Waals surface area contributed by atoms with Crippen LogP contribution in [0.4, 0.5) is 5.69 Å². The van der Waals surface area contributed by atoms with Gasteiger partial charge in [0.1, 0.15) is 0 Å². The van der Waals surface area contributed by atoms with Crippen molar-refractivity contribution < 1.29 is 0 Å². The normalized spacial score (nSPS) is 10.2. The van der Waals surface area contributed by atoms with E-state index in [0.29, 0.717) is 12.1 Å². The Kier molecular flexibility index (Phi) is 3.04. The number of aryl methyl sites for hydroxylation is 1. The molecule has 3 heteroatoms. The van der Waals surface area contributed by atoms with Crippen molar-refractivity contribution in [2.75, 3.05) is 5.73 Å². The third kappa shape index (κ3) is 2.60. The molecular weight excluding hydrogens is 162 g/mol. The molecule has 0 aliphatic carbocycles. The Hall–Kier alpha value is -1.82. The van der Waals surface area contributed by atoms with Crippen molar-refractivity contribution in [3.8, 4) is 6.07 Å². The van der Waals surface area contributed by atoms with Gasteiger partial charge in [-0.05, 0) is 24.6 Å². The summed E-state index contributed by atoms with van der Waals surface area (Å²) in [6, 6.07) is 3.87. The molecule has 3 nitrogen and oxygen atoms in total. The highest BCUT2D eigenvalue weighted by Gasteiger charge is 1.95. The van der Waals surface area contributed by atoms with Gasteiger partial charge in [0.25, 0.3) is 0 Å². The van der Waals surface area contributed by atoms with Crippen LogP contribution in [0.3, 0.4) is 0 Å². The van der Waals surface area contributed by atoms with Crippen molar-refractivity contribution in [3.05, 3.63) is 29.6 Å². The molecule has 0 fully saturated rings. The zero-order valence-electron chi connectivity index (χ0n) is 7.49. The van der Waals surface area contributed by atoms with E-state index in [1.807, 2.05) is 19.1 Å². The van der Waals surface area contributed by atoms with Gasteiger partial charge in [-0.1, -0.05) is 6.08 Å². The van der Waals surface area contributed by atoms with Gasteiger partial charge in [0, 0.05) is 6.20 Å². The zero-order chi connectivity index (χ0) is 9.68. The lowest BCUT2D eigenvalue weighted by molar-refractivity contribution is 1.24. The number of pyridine rings is 1. The maximum absolute atomic E-state index is 8.30. The first-order chi connectivity index (χ1) is 6.24. The summed E-state index contributed by atoms with van der Waals surface area (Å²) in [4.78, 5) is 4.13. The minimum atomic E-state index is 0.384. The lowest BCUT2D eigenvalue weighted by atomic mass is 10.2. The molecule has 13 heavy (non-hydrogen) atoms. The van der Waals surface area contributed by atoms with Crippen LogP contribution < -0.4 is 5.73 Å². The fourth-order valence-electron chi connectivity index (χ4n) is 0.965. The maximum Gasteiger partial charge on any atom is 0.0856 e. The number of nitrogens with two attached hydrogens (primary N) is 1. The van der Waals surface area contributed by atoms with E-state index in [9.17, 15) is 0 Å². The summed E-state index contributed by atoms with van der Waals surface area (Å²) in [6.07, 6.45) is 5.64. The predicted molar refractivity (Wildman–Crippen MR) is 52.7 cm³/mol. The van der Waals surface area contributed by atoms with Gasteiger partial charge in [-0.15, -0.1) is 0 Å². The number of hydrogen-bond acceptors (Lipinski definition) is 3. The molecule has 0 aliphatic rings. The molecule has 0 aromatic carbocycles. The quantitative estimate of drug-likeness (QED) is 0.742. The summed E-state index contributed by atoms with van der Waals surface area (Å²) in [5.74, 6) is 0. The molecule has 0 atom stereocenters. The van der Waals surface area contributed by atoms with Gasteiger partial charge in [0.2, 0.25) is 0 Å². The van der Waals surface area contributed by atoms with E-state index in [-0.39, 0.29) is 0 Å². The third-order valence-corrected chi connectivity index (χ3v) is 1.57. The largest absolute Gasteiger partial charge is 0.397 e. The van der Waals surface area contributed by atoms with E-state index >= 15 is 0 Å². The van der Waals surface area contributed by atoms with Gasteiger partial charge < -0.3 is 5.73 Å². The molecule has 0 saturated carbocycles. The Morgan fingerprint density at radius 1 is 1.69 bits per heavy atom. The number of nitrogen functional groups attached to an aromatic ring is 1. The molecule has 1 heterocycles. The first-order valence-corrected chi connectivity index (χ1v) is 3.99. The Bertz CT molecular complexity index is 361. The second-order valence-electron chi connectivity index (χ2n) is 2.75. The smallest absolute Gasteiger partial charge is 0.0856 e. The Balaban J connectivity index is 2.85. The van der Waals surface area contributed by atoms with E-state index in [1.54, 1.807) is 18.3 Å². The highest BCUT2D eigenvalue weighted by molar-refractivity contribution is 5.61. The van der Waals surface area contributed by atoms with Crippen molar-refractivity contribution in [1.82, 2.24) is 4.98 Å². The van der Waals surface area contributed by atoms with Crippen LogP contribution in [0.25, 0.3) is 6.08 Å². The predicted octanol–water partition coefficient (Wildman–Crippen LogP) is 1.90. The number of anilines is 1. The number of allylic oxidation sites excluding steroid dienone is 1. The van der Waals surface area contributed by atoms with Crippen LogP contribution in [0.5, 0.6) is 0 Å². The fraction of sp³-hybridized carbons (Fsp3) is 0.200. The maximum atomic E-state index is 8.30. The van der Waals surface area contributed by atoms with Crippen molar-refractivity contribution in [2.24, 2.45) is 0 Å². The average molecular weight is 173 g/mol. The molecule has 1 rings (SSSR count). The number of aromatic nitrogens is 1. The van der Waals surface area contributed by atoms with Crippen molar-refractivity contribution in [3.63, 3.8) is 0 Å². The van der Waals surface area contributed by atoms with Crippen LogP contribution in [-0.2, 0) is 0 Å². The molecule has 1 aromatic heterocycles. The first-order valence-electron chi connectivity index (χ1n) is 3.99. The highest BCUT2D eigenvalue weighted by atomic mass is 14.7. The van der Waals surface area contributed by atoms with Crippen LogP contribution in [0.1, 0.15) is 17.7 Å². The summed E-state index contributed by atoms with van der Waals surface area (Å²) in [6.45, 7) is 1.94. The molecule has 1 aromatic rings. The van der Waals surface area contributed by atoms with Crippen LogP contribution in [-0.4, -0.2) is 4.98 Å². The Morgan fingerprint density at radius 3 is 3.08 bits per heavy atom. The summed E-state index contributed by atoms with van der Waals surface area (Å²) in [5.41, 5.74) is 8.11. The van der Waals surface area contributed by atoms with Gasteiger partial charge in [0.05, 0.1) is 23.9 Å². The highest BCUT2D eigenvalue weighted by Crippen LogP contribution is 2.11. The average Bonchev–Trinajstić information content (AvgIpc) is 2.09.